The Morgan fingerprint density at radius 2 is 2.44 bits per heavy atom. The molecule has 0 aromatic carbocycles. The van der Waals surface area contributed by atoms with Crippen LogP contribution in [0.25, 0.3) is 0 Å². The number of hydrogen-bond acceptors (Lipinski definition) is 5. The van der Waals surface area contributed by atoms with Gasteiger partial charge in [0, 0.05) is 0 Å². The van der Waals surface area contributed by atoms with Gasteiger partial charge in [-0.05, 0) is 18.8 Å². The van der Waals surface area contributed by atoms with Gasteiger partial charge in [-0.2, -0.15) is 4.68 Å². The van der Waals surface area contributed by atoms with Gasteiger partial charge >= 0.3 is 11.8 Å². The molecule has 0 spiro atoms. The highest BCUT2D eigenvalue weighted by molar-refractivity contribution is 5.69. The van der Waals surface area contributed by atoms with Gasteiger partial charge in [0.2, 0.25) is 0 Å². The van der Waals surface area contributed by atoms with Gasteiger partial charge in [0.15, 0.2) is 0 Å². The largest absolute Gasteiger partial charge is 0.466 e. The quantitative estimate of drug-likeness (QED) is 0.430. The third kappa shape index (κ3) is 3.04. The van der Waals surface area contributed by atoms with Gasteiger partial charge in [-0.25, -0.2) is 0 Å². The second-order valence-corrected chi connectivity index (χ2v) is 3.27. The van der Waals surface area contributed by atoms with Crippen LogP contribution in [0.2, 0.25) is 0 Å². The Bertz CT molecular complexity index is 388. The van der Waals surface area contributed by atoms with E-state index in [0.29, 0.717) is 6.61 Å². The first kappa shape index (κ1) is 12.2. The van der Waals surface area contributed by atoms with Crippen molar-refractivity contribution in [2.75, 3.05) is 6.61 Å². The van der Waals surface area contributed by atoms with Crippen molar-refractivity contribution in [3.05, 3.63) is 22.4 Å². The summed E-state index contributed by atoms with van der Waals surface area (Å²) < 4.78 is 6.16. The zero-order valence-electron chi connectivity index (χ0n) is 9.12. The predicted molar refractivity (Wildman–Crippen MR) is 54.8 cm³/mol. The lowest BCUT2D eigenvalue weighted by Crippen LogP contribution is -2.14. The van der Waals surface area contributed by atoms with Gasteiger partial charge in [-0.3, -0.25) is 4.79 Å². The molecule has 88 valence electrons. The molecular formula is C9H13N3O4. The number of nitrogens with zero attached hydrogens (tertiary/aromatic N) is 3. The minimum atomic E-state index is -0.576. The predicted octanol–water partition coefficient (Wildman–Crippen LogP) is 1.31. The van der Waals surface area contributed by atoms with Crippen LogP contribution in [-0.4, -0.2) is 27.3 Å². The Morgan fingerprint density at radius 1 is 1.75 bits per heavy atom. The minimum Gasteiger partial charge on any atom is -0.466 e. The highest BCUT2D eigenvalue weighted by atomic mass is 16.6. The average molecular weight is 227 g/mol. The molecule has 1 aromatic rings. The molecule has 7 nitrogen and oxygen atoms in total. The van der Waals surface area contributed by atoms with E-state index in [2.05, 4.69) is 5.10 Å². The van der Waals surface area contributed by atoms with E-state index in [4.69, 9.17) is 4.74 Å². The van der Waals surface area contributed by atoms with E-state index in [1.807, 2.05) is 0 Å². The molecule has 0 radical (unpaired) electrons. The molecule has 1 unspecified atom stereocenters. The Morgan fingerprint density at radius 3 is 2.94 bits per heavy atom. The van der Waals surface area contributed by atoms with Gasteiger partial charge in [-0.15, -0.1) is 0 Å². The molecule has 7 heteroatoms. The second-order valence-electron chi connectivity index (χ2n) is 3.27. The molecule has 0 N–H and O–H groups in total. The van der Waals surface area contributed by atoms with Gasteiger partial charge < -0.3 is 14.9 Å². The molecular weight excluding hydrogens is 214 g/mol. The van der Waals surface area contributed by atoms with Crippen molar-refractivity contribution in [3.8, 4) is 0 Å². The van der Waals surface area contributed by atoms with Crippen molar-refractivity contribution in [1.82, 2.24) is 9.78 Å². The highest BCUT2D eigenvalue weighted by Crippen LogP contribution is 2.14. The number of hydrogen-bond donors (Lipinski definition) is 0. The Kier molecular flexibility index (Phi) is 3.98. The van der Waals surface area contributed by atoms with Crippen molar-refractivity contribution in [2.24, 2.45) is 0 Å². The van der Waals surface area contributed by atoms with Crippen LogP contribution in [0.15, 0.2) is 12.3 Å². The van der Waals surface area contributed by atoms with E-state index in [0.717, 1.165) is 0 Å². The van der Waals surface area contributed by atoms with Gasteiger partial charge in [0.05, 0.1) is 36.4 Å². The standard InChI is InChI=1S/C9H13N3O4/c1-3-16-9(13)6-7(2)11-5-4-8(10-11)12(14)15/h4-5,7H,3,6H2,1-2H3. The molecule has 1 rings (SSSR count). The maximum atomic E-state index is 11.2. The summed E-state index contributed by atoms with van der Waals surface area (Å²) in [6.07, 6.45) is 1.62. The number of nitro groups is 1. The minimum absolute atomic E-state index is 0.146. The summed E-state index contributed by atoms with van der Waals surface area (Å²) in [5, 5.41) is 14.1. The lowest BCUT2D eigenvalue weighted by molar-refractivity contribution is -0.389. The maximum Gasteiger partial charge on any atom is 0.389 e. The van der Waals surface area contributed by atoms with Crippen molar-refractivity contribution >= 4 is 11.8 Å². The fraction of sp³-hybridized carbons (Fsp3) is 0.556. The van der Waals surface area contributed by atoms with Crippen LogP contribution in [0.3, 0.4) is 0 Å². The molecule has 16 heavy (non-hydrogen) atoms. The van der Waals surface area contributed by atoms with E-state index in [-0.39, 0.29) is 24.2 Å². The fourth-order valence-corrected chi connectivity index (χ4v) is 1.23. The molecule has 0 aliphatic rings. The monoisotopic (exact) mass is 227 g/mol. The van der Waals surface area contributed by atoms with E-state index in [1.165, 1.54) is 16.9 Å². The number of carbonyl (C=O) groups is 1. The summed E-state index contributed by atoms with van der Waals surface area (Å²) >= 11 is 0. The molecule has 0 bridgehead atoms. The highest BCUT2D eigenvalue weighted by Gasteiger charge is 2.18. The van der Waals surface area contributed by atoms with Crippen LogP contribution >= 0.6 is 0 Å². The first-order valence-electron chi connectivity index (χ1n) is 4.89. The van der Waals surface area contributed by atoms with Crippen molar-refractivity contribution in [2.45, 2.75) is 26.3 Å². The van der Waals surface area contributed by atoms with E-state index < -0.39 is 4.92 Å². The van der Waals surface area contributed by atoms with Gasteiger partial charge in [-0.1, -0.05) is 0 Å². The zero-order valence-corrected chi connectivity index (χ0v) is 9.12. The van der Waals surface area contributed by atoms with Gasteiger partial charge in [0.25, 0.3) is 0 Å². The summed E-state index contributed by atoms with van der Waals surface area (Å²) in [5.74, 6) is -0.566. The van der Waals surface area contributed by atoms with Crippen molar-refractivity contribution in [3.63, 3.8) is 0 Å². The third-order valence-corrected chi connectivity index (χ3v) is 2.00. The number of aromatic nitrogens is 2. The van der Waals surface area contributed by atoms with E-state index >= 15 is 0 Å². The van der Waals surface area contributed by atoms with Crippen LogP contribution in [0.1, 0.15) is 26.3 Å². The SMILES string of the molecule is CCOC(=O)CC(C)n1ccc([N+](=O)[O-])n1. The zero-order chi connectivity index (χ0) is 12.1. The van der Waals surface area contributed by atoms with Crippen LogP contribution in [0, 0.1) is 10.1 Å². The Balaban J connectivity index is 2.62. The molecule has 0 aliphatic heterocycles. The molecule has 0 saturated heterocycles. The molecule has 1 heterocycles. The lowest BCUT2D eigenvalue weighted by Gasteiger charge is -2.07. The normalized spacial score (nSPS) is 12.1. The topological polar surface area (TPSA) is 87.3 Å². The maximum absolute atomic E-state index is 11.2. The molecule has 0 saturated carbocycles. The van der Waals surface area contributed by atoms with Crippen LogP contribution in [0.4, 0.5) is 5.82 Å². The van der Waals surface area contributed by atoms with E-state index in [9.17, 15) is 14.9 Å². The second kappa shape index (κ2) is 5.24. The number of esters is 1. The summed E-state index contributed by atoms with van der Waals surface area (Å²) in [4.78, 5) is 21.0. The van der Waals surface area contributed by atoms with Crippen LogP contribution in [-0.2, 0) is 9.53 Å². The summed E-state index contributed by atoms with van der Waals surface area (Å²) in [6.45, 7) is 3.79. The molecule has 0 amide bonds. The Labute approximate surface area is 92.2 Å². The lowest BCUT2D eigenvalue weighted by atomic mass is 10.2. The smallest absolute Gasteiger partial charge is 0.389 e. The number of carbonyl (C=O) groups excluding carboxylic acids is 1. The Hall–Kier alpha value is -1.92. The summed E-state index contributed by atoms with van der Waals surface area (Å²) in [7, 11) is 0. The fourth-order valence-electron chi connectivity index (χ4n) is 1.23. The first-order chi connectivity index (χ1) is 7.54. The third-order valence-electron chi connectivity index (χ3n) is 2.00. The van der Waals surface area contributed by atoms with Gasteiger partial charge in [0.1, 0.15) is 0 Å². The molecule has 0 aliphatic carbocycles. The van der Waals surface area contributed by atoms with E-state index in [1.54, 1.807) is 13.8 Å². The first-order valence-corrected chi connectivity index (χ1v) is 4.89. The number of ether oxygens (including phenoxy) is 1. The van der Waals surface area contributed by atoms with Crippen LogP contribution < -0.4 is 0 Å². The molecule has 1 atom stereocenters. The summed E-state index contributed by atoms with van der Waals surface area (Å²) in [6, 6.07) is 1.04. The van der Waals surface area contributed by atoms with Crippen molar-refractivity contribution < 1.29 is 14.5 Å². The summed E-state index contributed by atoms with van der Waals surface area (Å²) in [5.41, 5.74) is 0. The van der Waals surface area contributed by atoms with Crippen LogP contribution in [0.5, 0.6) is 0 Å². The number of rotatable bonds is 5. The molecule has 0 fully saturated rings. The van der Waals surface area contributed by atoms with Crippen molar-refractivity contribution in [1.29, 1.82) is 0 Å². The molecule has 1 aromatic heterocycles. The average Bonchev–Trinajstić information content (AvgIpc) is 2.66.